The molecule has 18 heavy (non-hydrogen) atoms. The number of rotatable bonds is 5. The maximum Gasteiger partial charge on any atom is 0.227 e. The summed E-state index contributed by atoms with van der Waals surface area (Å²) < 4.78 is 10.5. The summed E-state index contributed by atoms with van der Waals surface area (Å²) in [6.45, 7) is 0. The Balaban J connectivity index is 2.18. The number of methoxy groups -OCH3 is 1. The zero-order chi connectivity index (χ0) is 12.8. The van der Waals surface area contributed by atoms with Crippen LogP contribution in [0.4, 0.5) is 0 Å². The van der Waals surface area contributed by atoms with E-state index in [0.29, 0.717) is 24.6 Å². The zero-order valence-electron chi connectivity index (χ0n) is 10.2. The Labute approximate surface area is 106 Å². The van der Waals surface area contributed by atoms with Gasteiger partial charge in [0.15, 0.2) is 0 Å². The molecule has 0 spiro atoms. The van der Waals surface area contributed by atoms with E-state index in [2.05, 4.69) is 16.1 Å². The molecule has 4 nitrogen and oxygen atoms in total. The minimum absolute atomic E-state index is 0.311. The highest BCUT2D eigenvalue weighted by molar-refractivity contribution is 5.22. The number of nitrogens with zero attached hydrogens (tertiary/aromatic N) is 2. The lowest BCUT2D eigenvalue weighted by Crippen LogP contribution is -2.05. The van der Waals surface area contributed by atoms with Crippen LogP contribution in [0.15, 0.2) is 34.9 Å². The average molecular weight is 242 g/mol. The third kappa shape index (κ3) is 2.76. The van der Waals surface area contributed by atoms with E-state index in [1.54, 1.807) is 7.11 Å². The molecule has 2 aromatic rings. The molecule has 0 saturated carbocycles. The molecule has 1 heterocycles. The van der Waals surface area contributed by atoms with Gasteiger partial charge in [-0.1, -0.05) is 35.5 Å². The molecule has 0 radical (unpaired) electrons. The number of terminal acetylenes is 1. The number of benzene rings is 1. The molecule has 1 unspecified atom stereocenters. The third-order valence-corrected chi connectivity index (χ3v) is 2.54. The maximum absolute atomic E-state index is 5.41. The van der Waals surface area contributed by atoms with E-state index in [-0.39, 0.29) is 6.10 Å². The maximum atomic E-state index is 5.41. The van der Waals surface area contributed by atoms with Crippen molar-refractivity contribution >= 4 is 0 Å². The molecular weight excluding hydrogens is 228 g/mol. The van der Waals surface area contributed by atoms with E-state index in [9.17, 15) is 0 Å². The van der Waals surface area contributed by atoms with Crippen molar-refractivity contribution < 1.29 is 9.26 Å². The van der Waals surface area contributed by atoms with Gasteiger partial charge >= 0.3 is 0 Å². The molecule has 0 fully saturated rings. The highest BCUT2D eigenvalue weighted by atomic mass is 16.5. The fraction of sp³-hybridized carbons (Fsp3) is 0.286. The number of ether oxygens (including phenoxy) is 1. The molecule has 0 aliphatic heterocycles. The van der Waals surface area contributed by atoms with Crippen molar-refractivity contribution in [3.63, 3.8) is 0 Å². The van der Waals surface area contributed by atoms with E-state index in [1.807, 2.05) is 30.3 Å². The lowest BCUT2D eigenvalue weighted by molar-refractivity contribution is 0.126. The SMILES string of the molecule is C#CCCc1nc(C(OC)c2ccccc2)no1. The molecule has 0 aliphatic rings. The third-order valence-electron chi connectivity index (χ3n) is 2.54. The zero-order valence-corrected chi connectivity index (χ0v) is 10.2. The summed E-state index contributed by atoms with van der Waals surface area (Å²) in [6.07, 6.45) is 6.06. The van der Waals surface area contributed by atoms with Crippen LogP contribution >= 0.6 is 0 Å². The van der Waals surface area contributed by atoms with Gasteiger partial charge in [-0.25, -0.2) is 0 Å². The predicted molar refractivity (Wildman–Crippen MR) is 66.7 cm³/mol. The van der Waals surface area contributed by atoms with Crippen LogP contribution in [-0.2, 0) is 11.2 Å². The van der Waals surface area contributed by atoms with Crippen LogP contribution in [0.2, 0.25) is 0 Å². The van der Waals surface area contributed by atoms with Gasteiger partial charge in [0.25, 0.3) is 0 Å². The van der Waals surface area contributed by atoms with Crippen LogP contribution in [0, 0.1) is 12.3 Å². The van der Waals surface area contributed by atoms with Crippen LogP contribution in [0.1, 0.15) is 29.8 Å². The van der Waals surface area contributed by atoms with Crippen LogP contribution in [0.3, 0.4) is 0 Å². The summed E-state index contributed by atoms with van der Waals surface area (Å²) in [5, 5.41) is 3.94. The molecule has 1 atom stereocenters. The Morgan fingerprint density at radius 2 is 2.17 bits per heavy atom. The van der Waals surface area contributed by atoms with Crippen LogP contribution in [-0.4, -0.2) is 17.3 Å². The molecule has 0 N–H and O–H groups in total. The minimum atomic E-state index is -0.311. The van der Waals surface area contributed by atoms with Gasteiger partial charge in [0.1, 0.15) is 6.10 Å². The molecule has 1 aromatic heterocycles. The van der Waals surface area contributed by atoms with Crippen LogP contribution in [0.25, 0.3) is 0 Å². The first-order valence-corrected chi connectivity index (χ1v) is 5.69. The van der Waals surface area contributed by atoms with E-state index < -0.39 is 0 Å². The number of aromatic nitrogens is 2. The first-order chi connectivity index (χ1) is 8.85. The van der Waals surface area contributed by atoms with Gasteiger partial charge in [0, 0.05) is 20.0 Å². The molecule has 92 valence electrons. The van der Waals surface area contributed by atoms with Gasteiger partial charge in [-0.05, 0) is 5.56 Å². The first kappa shape index (κ1) is 12.3. The lowest BCUT2D eigenvalue weighted by Gasteiger charge is -2.10. The second-order valence-corrected chi connectivity index (χ2v) is 3.78. The van der Waals surface area contributed by atoms with Crippen molar-refractivity contribution in [2.24, 2.45) is 0 Å². The molecular formula is C14H14N2O2. The highest BCUT2D eigenvalue weighted by Crippen LogP contribution is 2.22. The Morgan fingerprint density at radius 3 is 2.83 bits per heavy atom. The topological polar surface area (TPSA) is 48.2 Å². The predicted octanol–water partition coefficient (Wildman–Crippen LogP) is 2.37. The summed E-state index contributed by atoms with van der Waals surface area (Å²) in [5.41, 5.74) is 0.990. The molecule has 0 aliphatic carbocycles. The standard InChI is InChI=1S/C14H14N2O2/c1-3-4-10-12-15-14(16-18-12)13(17-2)11-8-6-5-7-9-11/h1,5-9,13H,4,10H2,2H3. The van der Waals surface area contributed by atoms with Crippen molar-refractivity contribution in [3.8, 4) is 12.3 Å². The van der Waals surface area contributed by atoms with Gasteiger partial charge in [0.2, 0.25) is 11.7 Å². The summed E-state index contributed by atoms with van der Waals surface area (Å²) in [6, 6.07) is 9.77. The van der Waals surface area contributed by atoms with Gasteiger partial charge in [0.05, 0.1) is 0 Å². The van der Waals surface area contributed by atoms with Crippen molar-refractivity contribution in [2.75, 3.05) is 7.11 Å². The number of hydrogen-bond donors (Lipinski definition) is 0. The first-order valence-electron chi connectivity index (χ1n) is 5.69. The molecule has 1 aromatic carbocycles. The summed E-state index contributed by atoms with van der Waals surface area (Å²) in [5.74, 6) is 3.61. The second-order valence-electron chi connectivity index (χ2n) is 3.78. The quantitative estimate of drug-likeness (QED) is 0.755. The Bertz CT molecular complexity index is 528. The highest BCUT2D eigenvalue weighted by Gasteiger charge is 2.19. The second kappa shape index (κ2) is 5.99. The van der Waals surface area contributed by atoms with E-state index >= 15 is 0 Å². The normalized spacial score (nSPS) is 12.0. The molecule has 4 heteroatoms. The summed E-state index contributed by atoms with van der Waals surface area (Å²) in [7, 11) is 1.62. The van der Waals surface area contributed by atoms with Crippen molar-refractivity contribution in [3.05, 3.63) is 47.6 Å². The Hall–Kier alpha value is -2.12. The van der Waals surface area contributed by atoms with Crippen molar-refractivity contribution in [1.82, 2.24) is 10.1 Å². The van der Waals surface area contributed by atoms with Gasteiger partial charge in [-0.15, -0.1) is 12.3 Å². The minimum Gasteiger partial charge on any atom is -0.369 e. The van der Waals surface area contributed by atoms with Gasteiger partial charge < -0.3 is 9.26 Å². The fourth-order valence-electron chi connectivity index (χ4n) is 1.67. The largest absolute Gasteiger partial charge is 0.369 e. The smallest absolute Gasteiger partial charge is 0.227 e. The lowest BCUT2D eigenvalue weighted by atomic mass is 10.1. The van der Waals surface area contributed by atoms with E-state index in [0.717, 1.165) is 5.56 Å². The van der Waals surface area contributed by atoms with E-state index in [1.165, 1.54) is 0 Å². The Kier molecular flexibility index (Phi) is 4.11. The van der Waals surface area contributed by atoms with E-state index in [4.69, 9.17) is 15.7 Å². The van der Waals surface area contributed by atoms with Gasteiger partial charge in [-0.3, -0.25) is 0 Å². The molecule has 0 amide bonds. The monoisotopic (exact) mass is 242 g/mol. The van der Waals surface area contributed by atoms with Gasteiger partial charge in [-0.2, -0.15) is 4.98 Å². The summed E-state index contributed by atoms with van der Waals surface area (Å²) in [4.78, 5) is 4.30. The fourth-order valence-corrected chi connectivity index (χ4v) is 1.67. The summed E-state index contributed by atoms with van der Waals surface area (Å²) >= 11 is 0. The van der Waals surface area contributed by atoms with Crippen LogP contribution in [0.5, 0.6) is 0 Å². The molecule has 2 rings (SSSR count). The Morgan fingerprint density at radius 1 is 1.39 bits per heavy atom. The molecule has 0 saturated heterocycles. The number of hydrogen-bond acceptors (Lipinski definition) is 4. The van der Waals surface area contributed by atoms with Crippen LogP contribution < -0.4 is 0 Å². The number of aryl methyl sites for hydroxylation is 1. The van der Waals surface area contributed by atoms with Crippen molar-refractivity contribution in [2.45, 2.75) is 18.9 Å². The average Bonchev–Trinajstić information content (AvgIpc) is 2.87. The van der Waals surface area contributed by atoms with Crippen molar-refractivity contribution in [1.29, 1.82) is 0 Å². The molecule has 0 bridgehead atoms.